The zero-order valence-corrected chi connectivity index (χ0v) is 9.82. The molecule has 0 bridgehead atoms. The van der Waals surface area contributed by atoms with E-state index in [1.54, 1.807) is 35.2 Å². The van der Waals surface area contributed by atoms with Crippen molar-refractivity contribution >= 4 is 39.2 Å². The maximum atomic E-state index is 11.0. The van der Waals surface area contributed by atoms with Gasteiger partial charge in [0.25, 0.3) is 0 Å². The highest BCUT2D eigenvalue weighted by Gasteiger charge is 2.10. The lowest BCUT2D eigenvalue weighted by atomic mass is 10.1. The fourth-order valence-corrected chi connectivity index (χ4v) is 3.41. The van der Waals surface area contributed by atoms with Crippen LogP contribution in [0.3, 0.4) is 0 Å². The van der Waals surface area contributed by atoms with Crippen LogP contribution in [0.4, 0.5) is 0 Å². The van der Waals surface area contributed by atoms with Gasteiger partial charge in [-0.1, -0.05) is 12.1 Å². The SMILES string of the molecule is CSCc1cc2cccc(C(=O)O)c2s1. The normalized spacial score (nSPS) is 10.7. The topological polar surface area (TPSA) is 37.3 Å². The van der Waals surface area contributed by atoms with Crippen LogP contribution in [0.2, 0.25) is 0 Å². The van der Waals surface area contributed by atoms with Gasteiger partial charge in [0.15, 0.2) is 0 Å². The molecule has 0 amide bonds. The molecule has 0 aliphatic rings. The number of aromatic carboxylic acids is 1. The molecule has 1 aromatic heterocycles. The number of carboxylic acids is 1. The van der Waals surface area contributed by atoms with Crippen LogP contribution in [-0.4, -0.2) is 17.3 Å². The van der Waals surface area contributed by atoms with E-state index >= 15 is 0 Å². The monoisotopic (exact) mass is 238 g/mol. The summed E-state index contributed by atoms with van der Waals surface area (Å²) in [5.41, 5.74) is 0.407. The molecule has 0 atom stereocenters. The molecule has 0 unspecified atom stereocenters. The van der Waals surface area contributed by atoms with Crippen molar-refractivity contribution in [3.8, 4) is 0 Å². The van der Waals surface area contributed by atoms with Crippen molar-refractivity contribution in [3.63, 3.8) is 0 Å². The van der Waals surface area contributed by atoms with Crippen molar-refractivity contribution in [1.29, 1.82) is 0 Å². The number of hydrogen-bond acceptors (Lipinski definition) is 3. The number of hydrogen-bond donors (Lipinski definition) is 1. The number of thiophene rings is 1. The average molecular weight is 238 g/mol. The summed E-state index contributed by atoms with van der Waals surface area (Å²) >= 11 is 3.32. The van der Waals surface area contributed by atoms with E-state index in [1.165, 1.54) is 4.88 Å². The van der Waals surface area contributed by atoms with Gasteiger partial charge in [-0.15, -0.1) is 11.3 Å². The minimum absolute atomic E-state index is 0.407. The first-order chi connectivity index (χ1) is 7.22. The molecule has 1 heterocycles. The van der Waals surface area contributed by atoms with Crippen molar-refractivity contribution in [3.05, 3.63) is 34.7 Å². The minimum atomic E-state index is -0.849. The van der Waals surface area contributed by atoms with Gasteiger partial charge in [-0.2, -0.15) is 11.8 Å². The summed E-state index contributed by atoms with van der Waals surface area (Å²) in [6.07, 6.45) is 2.04. The van der Waals surface area contributed by atoms with E-state index in [4.69, 9.17) is 5.11 Å². The summed E-state index contributed by atoms with van der Waals surface area (Å²) < 4.78 is 0.883. The van der Waals surface area contributed by atoms with E-state index in [-0.39, 0.29) is 0 Å². The third-order valence-electron chi connectivity index (χ3n) is 2.11. The Morgan fingerprint density at radius 2 is 2.33 bits per heavy atom. The van der Waals surface area contributed by atoms with Crippen LogP contribution in [-0.2, 0) is 5.75 Å². The minimum Gasteiger partial charge on any atom is -0.478 e. The first-order valence-corrected chi connectivity index (χ1v) is 6.67. The number of carboxylic acid groups (broad SMARTS) is 1. The van der Waals surface area contributed by atoms with Gasteiger partial charge in [-0.05, 0) is 23.8 Å². The fourth-order valence-electron chi connectivity index (χ4n) is 1.50. The Kier molecular flexibility index (Phi) is 2.98. The molecule has 0 saturated carbocycles. The molecule has 0 saturated heterocycles. The predicted octanol–water partition coefficient (Wildman–Crippen LogP) is 3.46. The Labute approximate surface area is 95.9 Å². The molecule has 0 fully saturated rings. The molecule has 15 heavy (non-hydrogen) atoms. The molecule has 4 heteroatoms. The van der Waals surface area contributed by atoms with Gasteiger partial charge in [0, 0.05) is 15.3 Å². The van der Waals surface area contributed by atoms with Crippen LogP contribution in [0.15, 0.2) is 24.3 Å². The molecule has 2 nitrogen and oxygen atoms in total. The van der Waals surface area contributed by atoms with E-state index in [0.717, 1.165) is 15.8 Å². The first kappa shape index (κ1) is 10.5. The third-order valence-corrected chi connectivity index (χ3v) is 4.08. The maximum absolute atomic E-state index is 11.0. The summed E-state index contributed by atoms with van der Waals surface area (Å²) in [7, 11) is 0. The lowest BCUT2D eigenvalue weighted by Crippen LogP contribution is -1.94. The molecule has 2 rings (SSSR count). The molecular formula is C11H10O2S2. The van der Waals surface area contributed by atoms with Crippen LogP contribution in [0.25, 0.3) is 10.1 Å². The van der Waals surface area contributed by atoms with E-state index in [0.29, 0.717) is 5.56 Å². The quantitative estimate of drug-likeness (QED) is 0.889. The average Bonchev–Trinajstić information content (AvgIpc) is 2.59. The molecular weight excluding hydrogens is 228 g/mol. The van der Waals surface area contributed by atoms with Crippen molar-refractivity contribution < 1.29 is 9.90 Å². The lowest BCUT2D eigenvalue weighted by molar-refractivity contribution is 0.0699. The van der Waals surface area contributed by atoms with Crippen LogP contribution >= 0.6 is 23.1 Å². The third kappa shape index (κ3) is 2.01. The Balaban J connectivity index is 2.59. The maximum Gasteiger partial charge on any atom is 0.337 e. The molecule has 1 N–H and O–H groups in total. The Morgan fingerprint density at radius 1 is 1.53 bits per heavy atom. The summed E-state index contributed by atoms with van der Waals surface area (Å²) in [5, 5.41) is 10.1. The second-order valence-electron chi connectivity index (χ2n) is 3.17. The van der Waals surface area contributed by atoms with Gasteiger partial charge < -0.3 is 5.11 Å². The van der Waals surface area contributed by atoms with Gasteiger partial charge >= 0.3 is 5.97 Å². The number of rotatable bonds is 3. The molecule has 0 radical (unpaired) electrons. The zero-order chi connectivity index (χ0) is 10.8. The smallest absolute Gasteiger partial charge is 0.337 e. The van der Waals surface area contributed by atoms with Gasteiger partial charge in [-0.3, -0.25) is 0 Å². The summed E-state index contributed by atoms with van der Waals surface area (Å²) in [4.78, 5) is 12.2. The highest BCUT2D eigenvalue weighted by molar-refractivity contribution is 7.97. The van der Waals surface area contributed by atoms with E-state index in [2.05, 4.69) is 6.07 Å². The van der Waals surface area contributed by atoms with Gasteiger partial charge in [0.1, 0.15) is 0 Å². The van der Waals surface area contributed by atoms with Crippen LogP contribution < -0.4 is 0 Å². The van der Waals surface area contributed by atoms with Gasteiger partial charge in [0.2, 0.25) is 0 Å². The largest absolute Gasteiger partial charge is 0.478 e. The molecule has 2 aromatic rings. The molecule has 78 valence electrons. The number of fused-ring (bicyclic) bond motifs is 1. The van der Waals surface area contributed by atoms with Crippen LogP contribution in [0, 0.1) is 0 Å². The van der Waals surface area contributed by atoms with Gasteiger partial charge in [0.05, 0.1) is 5.56 Å². The van der Waals surface area contributed by atoms with Gasteiger partial charge in [-0.25, -0.2) is 4.79 Å². The van der Waals surface area contributed by atoms with Crippen molar-refractivity contribution in [2.24, 2.45) is 0 Å². The fraction of sp³-hybridized carbons (Fsp3) is 0.182. The van der Waals surface area contributed by atoms with E-state index in [9.17, 15) is 4.79 Å². The van der Waals surface area contributed by atoms with Crippen molar-refractivity contribution in [2.45, 2.75) is 5.75 Å². The standard InChI is InChI=1S/C11H10O2S2/c1-14-6-8-5-7-3-2-4-9(11(12)13)10(7)15-8/h2-5H,6H2,1H3,(H,12,13). The van der Waals surface area contributed by atoms with Crippen LogP contribution in [0.5, 0.6) is 0 Å². The summed E-state index contributed by atoms with van der Waals surface area (Å²) in [5.74, 6) is 0.0939. The van der Waals surface area contributed by atoms with Crippen LogP contribution in [0.1, 0.15) is 15.2 Å². The second kappa shape index (κ2) is 4.24. The van der Waals surface area contributed by atoms with Crippen molar-refractivity contribution in [1.82, 2.24) is 0 Å². The molecule has 0 spiro atoms. The lowest BCUT2D eigenvalue weighted by Gasteiger charge is -1.94. The highest BCUT2D eigenvalue weighted by atomic mass is 32.2. The van der Waals surface area contributed by atoms with E-state index in [1.807, 2.05) is 12.3 Å². The Hall–Kier alpha value is -1.00. The number of thioether (sulfide) groups is 1. The molecule has 0 aliphatic heterocycles. The van der Waals surface area contributed by atoms with E-state index < -0.39 is 5.97 Å². The number of carbonyl (C=O) groups is 1. The Bertz CT molecular complexity index is 502. The molecule has 0 aliphatic carbocycles. The zero-order valence-electron chi connectivity index (χ0n) is 8.19. The summed E-state index contributed by atoms with van der Waals surface area (Å²) in [6.45, 7) is 0. The number of benzene rings is 1. The molecule has 1 aromatic carbocycles. The predicted molar refractivity (Wildman–Crippen MR) is 66.0 cm³/mol. The van der Waals surface area contributed by atoms with Crippen molar-refractivity contribution in [2.75, 3.05) is 6.26 Å². The Morgan fingerprint density at radius 3 is 3.00 bits per heavy atom. The summed E-state index contributed by atoms with van der Waals surface area (Å²) in [6, 6.07) is 7.48. The highest BCUT2D eigenvalue weighted by Crippen LogP contribution is 2.30. The first-order valence-electron chi connectivity index (χ1n) is 4.46. The second-order valence-corrected chi connectivity index (χ2v) is 5.18.